The van der Waals surface area contributed by atoms with Crippen molar-refractivity contribution in [3.8, 4) is 0 Å². The summed E-state index contributed by atoms with van der Waals surface area (Å²) in [4.78, 5) is 14.0. The Bertz CT molecular complexity index is 333. The van der Waals surface area contributed by atoms with Crippen LogP contribution in [0.5, 0.6) is 0 Å². The maximum Gasteiger partial charge on any atom is 0.221 e. The van der Waals surface area contributed by atoms with E-state index in [9.17, 15) is 4.79 Å². The van der Waals surface area contributed by atoms with Crippen LogP contribution in [-0.2, 0) is 4.79 Å². The Balaban J connectivity index is 3.20. The summed E-state index contributed by atoms with van der Waals surface area (Å²) in [5, 5.41) is 3.07. The van der Waals surface area contributed by atoms with Crippen molar-refractivity contribution in [1.29, 1.82) is 0 Å². The Labute approximate surface area is 177 Å². The van der Waals surface area contributed by atoms with Crippen molar-refractivity contribution in [1.82, 2.24) is 10.2 Å². The van der Waals surface area contributed by atoms with Crippen LogP contribution in [0.1, 0.15) is 136 Å². The van der Waals surface area contributed by atoms with Crippen LogP contribution in [-0.4, -0.2) is 30.6 Å². The number of hydrogen-bond donors (Lipinski definition) is 1. The third-order valence-corrected chi connectivity index (χ3v) is 6.04. The maximum absolute atomic E-state index is 11.9. The number of nitrogens with zero attached hydrogens (tertiary/aromatic N) is 1. The zero-order valence-electron chi connectivity index (χ0n) is 19.9. The number of unbranched alkanes of at least 4 members (excludes halogenated alkanes) is 16. The van der Waals surface area contributed by atoms with Crippen LogP contribution in [0.4, 0.5) is 0 Å². The topological polar surface area (TPSA) is 32.3 Å². The lowest BCUT2D eigenvalue weighted by Crippen LogP contribution is -2.44. The van der Waals surface area contributed by atoms with Gasteiger partial charge in [-0.1, -0.05) is 117 Å². The molecule has 0 radical (unpaired) electrons. The fourth-order valence-electron chi connectivity index (χ4n) is 3.70. The van der Waals surface area contributed by atoms with Crippen LogP contribution in [0.15, 0.2) is 0 Å². The van der Waals surface area contributed by atoms with Crippen LogP contribution in [0.3, 0.4) is 0 Å². The normalized spacial score (nSPS) is 12.5. The van der Waals surface area contributed by atoms with Gasteiger partial charge in [0.05, 0.1) is 6.17 Å². The second-order valence-corrected chi connectivity index (χ2v) is 8.72. The molecule has 1 unspecified atom stereocenters. The first-order valence-electron chi connectivity index (χ1n) is 12.6. The molecular weight excluding hydrogens is 344 g/mol. The first-order valence-corrected chi connectivity index (χ1v) is 12.6. The lowest BCUT2D eigenvalue weighted by Gasteiger charge is -2.23. The molecule has 0 heterocycles. The van der Waals surface area contributed by atoms with E-state index in [1.54, 1.807) is 0 Å². The summed E-state index contributed by atoms with van der Waals surface area (Å²) < 4.78 is 0. The molecule has 0 rings (SSSR count). The van der Waals surface area contributed by atoms with Gasteiger partial charge in [-0.2, -0.15) is 0 Å². The molecule has 0 aliphatic rings. The molecule has 0 aliphatic heterocycles. The van der Waals surface area contributed by atoms with Gasteiger partial charge in [-0.15, -0.1) is 0 Å². The molecule has 28 heavy (non-hydrogen) atoms. The molecule has 0 bridgehead atoms. The van der Waals surface area contributed by atoms with E-state index >= 15 is 0 Å². The highest BCUT2D eigenvalue weighted by molar-refractivity contribution is 5.76. The van der Waals surface area contributed by atoms with Gasteiger partial charge in [-0.3, -0.25) is 9.69 Å². The third-order valence-electron chi connectivity index (χ3n) is 6.04. The van der Waals surface area contributed by atoms with E-state index in [1.165, 1.54) is 103 Å². The SMILES string of the molecule is CCCCCCCCCCCCCCCCCCCC(=O)NC(C)N(C)CC. The molecular formula is C25H52N2O. The van der Waals surface area contributed by atoms with Crippen molar-refractivity contribution >= 4 is 5.91 Å². The number of amides is 1. The summed E-state index contributed by atoms with van der Waals surface area (Å²) in [6.07, 6.45) is 24.2. The molecule has 0 aliphatic carbocycles. The smallest absolute Gasteiger partial charge is 0.221 e. The zero-order valence-corrected chi connectivity index (χ0v) is 19.9. The molecule has 3 nitrogen and oxygen atoms in total. The largest absolute Gasteiger partial charge is 0.341 e. The van der Waals surface area contributed by atoms with Crippen LogP contribution in [0.2, 0.25) is 0 Å². The molecule has 0 saturated carbocycles. The average molecular weight is 397 g/mol. The first-order chi connectivity index (χ1) is 13.6. The van der Waals surface area contributed by atoms with Gasteiger partial charge in [-0.05, 0) is 26.9 Å². The minimum Gasteiger partial charge on any atom is -0.341 e. The summed E-state index contributed by atoms with van der Waals surface area (Å²) in [6.45, 7) is 7.41. The Kier molecular flexibility index (Phi) is 20.7. The van der Waals surface area contributed by atoms with E-state index in [4.69, 9.17) is 0 Å². The van der Waals surface area contributed by atoms with Crippen LogP contribution in [0, 0.1) is 0 Å². The van der Waals surface area contributed by atoms with E-state index in [-0.39, 0.29) is 12.1 Å². The van der Waals surface area contributed by atoms with Crippen LogP contribution in [0.25, 0.3) is 0 Å². The first kappa shape index (κ1) is 27.4. The fraction of sp³-hybridized carbons (Fsp3) is 0.960. The fourth-order valence-corrected chi connectivity index (χ4v) is 3.70. The summed E-state index contributed by atoms with van der Waals surface area (Å²) in [7, 11) is 2.04. The van der Waals surface area contributed by atoms with Crippen molar-refractivity contribution in [3.63, 3.8) is 0 Å². The molecule has 0 aromatic carbocycles. The van der Waals surface area contributed by atoms with Gasteiger partial charge in [0.2, 0.25) is 5.91 Å². The summed E-state index contributed by atoms with van der Waals surface area (Å²) in [5.74, 6) is 0.203. The molecule has 0 aromatic heterocycles. The van der Waals surface area contributed by atoms with E-state index in [0.29, 0.717) is 6.42 Å². The number of carbonyl (C=O) groups excluding carboxylic acids is 1. The second-order valence-electron chi connectivity index (χ2n) is 8.72. The highest BCUT2D eigenvalue weighted by atomic mass is 16.1. The van der Waals surface area contributed by atoms with Crippen molar-refractivity contribution in [2.45, 2.75) is 143 Å². The number of hydrogen-bond acceptors (Lipinski definition) is 2. The van der Waals surface area contributed by atoms with Gasteiger partial charge in [0.15, 0.2) is 0 Å². The van der Waals surface area contributed by atoms with E-state index in [2.05, 4.69) is 31.0 Å². The van der Waals surface area contributed by atoms with Crippen molar-refractivity contribution in [3.05, 3.63) is 0 Å². The number of carbonyl (C=O) groups is 1. The minimum atomic E-state index is 0.142. The standard InChI is InChI=1S/C25H52N2O/c1-5-7-8-9-10-11-12-13-14-15-16-17-18-19-20-21-22-23-25(28)26-24(3)27(4)6-2/h24H,5-23H2,1-4H3,(H,26,28). The minimum absolute atomic E-state index is 0.142. The van der Waals surface area contributed by atoms with Crippen LogP contribution >= 0.6 is 0 Å². The average Bonchev–Trinajstić information content (AvgIpc) is 2.69. The van der Waals surface area contributed by atoms with E-state index in [1.807, 2.05) is 7.05 Å². The highest BCUT2D eigenvalue weighted by Crippen LogP contribution is 2.14. The van der Waals surface area contributed by atoms with Gasteiger partial charge in [0.1, 0.15) is 0 Å². The molecule has 3 heteroatoms. The zero-order chi connectivity index (χ0) is 20.9. The Hall–Kier alpha value is -0.570. The molecule has 1 amide bonds. The van der Waals surface area contributed by atoms with Gasteiger partial charge in [0, 0.05) is 6.42 Å². The van der Waals surface area contributed by atoms with Gasteiger partial charge < -0.3 is 5.32 Å². The molecule has 168 valence electrons. The van der Waals surface area contributed by atoms with Gasteiger partial charge >= 0.3 is 0 Å². The summed E-state index contributed by atoms with van der Waals surface area (Å²) >= 11 is 0. The monoisotopic (exact) mass is 396 g/mol. The molecule has 0 fully saturated rings. The summed E-state index contributed by atoms with van der Waals surface area (Å²) in [6, 6.07) is 0. The second kappa shape index (κ2) is 21.1. The molecule has 1 atom stereocenters. The Morgan fingerprint density at radius 2 is 1.04 bits per heavy atom. The van der Waals surface area contributed by atoms with Gasteiger partial charge in [-0.25, -0.2) is 0 Å². The predicted octanol–water partition coefficient (Wildman–Crippen LogP) is 7.44. The van der Waals surface area contributed by atoms with Crippen molar-refractivity contribution < 1.29 is 4.79 Å². The maximum atomic E-state index is 11.9. The van der Waals surface area contributed by atoms with Crippen LogP contribution < -0.4 is 5.32 Å². The van der Waals surface area contributed by atoms with Crippen molar-refractivity contribution in [2.75, 3.05) is 13.6 Å². The predicted molar refractivity (Wildman–Crippen MR) is 125 cm³/mol. The van der Waals surface area contributed by atoms with Gasteiger partial charge in [0.25, 0.3) is 0 Å². The quantitative estimate of drug-likeness (QED) is 0.161. The Morgan fingerprint density at radius 3 is 1.39 bits per heavy atom. The molecule has 0 spiro atoms. The molecule has 0 saturated heterocycles. The Morgan fingerprint density at radius 1 is 0.679 bits per heavy atom. The molecule has 1 N–H and O–H groups in total. The lowest BCUT2D eigenvalue weighted by atomic mass is 10.0. The number of rotatable bonds is 21. The molecule has 0 aromatic rings. The van der Waals surface area contributed by atoms with E-state index < -0.39 is 0 Å². The third kappa shape index (κ3) is 18.8. The lowest BCUT2D eigenvalue weighted by molar-refractivity contribution is -0.122. The van der Waals surface area contributed by atoms with E-state index in [0.717, 1.165) is 13.0 Å². The summed E-state index contributed by atoms with van der Waals surface area (Å²) in [5.41, 5.74) is 0. The van der Waals surface area contributed by atoms with Crippen molar-refractivity contribution in [2.24, 2.45) is 0 Å². The highest BCUT2D eigenvalue weighted by Gasteiger charge is 2.09. The number of nitrogens with one attached hydrogen (secondary N) is 1.